The maximum absolute atomic E-state index is 13.1. The number of amides is 1. The van der Waals surface area contributed by atoms with Crippen molar-refractivity contribution in [2.24, 2.45) is 5.73 Å². The molecular formula is C37H52N7O7+. The summed E-state index contributed by atoms with van der Waals surface area (Å²) in [5, 5.41) is 23.2. The fourth-order valence-electron chi connectivity index (χ4n) is 4.78. The molecule has 1 aromatic heterocycles. The molecule has 0 aliphatic rings. The Morgan fingerprint density at radius 2 is 1.59 bits per heavy atom. The number of aliphatic carboxylic acids is 1. The Balaban J connectivity index is 1.29. The van der Waals surface area contributed by atoms with E-state index in [0.717, 1.165) is 42.7 Å². The first-order valence-corrected chi connectivity index (χ1v) is 17.3. The molecule has 0 spiro atoms. The quantitative estimate of drug-likeness (QED) is 0.0366. The minimum Gasteiger partial charge on any atom is -0.494 e. The molecule has 1 amide bonds. The van der Waals surface area contributed by atoms with Gasteiger partial charge in [0.05, 0.1) is 46.1 Å². The minimum absolute atomic E-state index is 0.119. The number of carboxylic acid groups (broad SMARTS) is 1. The third-order valence-corrected chi connectivity index (χ3v) is 7.77. The van der Waals surface area contributed by atoms with Gasteiger partial charge in [0, 0.05) is 37.1 Å². The average molecular weight is 707 g/mol. The highest BCUT2D eigenvalue weighted by atomic mass is 16.5. The Hall–Kier alpha value is -4.92. The predicted molar refractivity (Wildman–Crippen MR) is 195 cm³/mol. The number of hydrogen-bond acceptors (Lipinski definition) is 10. The van der Waals surface area contributed by atoms with Gasteiger partial charge in [-0.05, 0) is 74.6 Å². The summed E-state index contributed by atoms with van der Waals surface area (Å²) in [6.45, 7) is 5.89. The Kier molecular flexibility index (Phi) is 18.6. The van der Waals surface area contributed by atoms with Crippen molar-refractivity contribution < 1.29 is 38.2 Å². The lowest BCUT2D eigenvalue weighted by atomic mass is 10.1. The van der Waals surface area contributed by atoms with Gasteiger partial charge in [-0.2, -0.15) is 5.41 Å². The summed E-state index contributed by atoms with van der Waals surface area (Å²) in [5.41, 5.74) is 8.86. The van der Waals surface area contributed by atoms with Crippen LogP contribution in [0.15, 0.2) is 67.1 Å². The van der Waals surface area contributed by atoms with Crippen LogP contribution in [0, 0.1) is 5.41 Å². The Bertz CT molecular complexity index is 1540. The summed E-state index contributed by atoms with van der Waals surface area (Å²) in [6.07, 6.45) is 7.57. The fraction of sp³-hybridized carbons (Fsp3) is 0.459. The fourth-order valence-corrected chi connectivity index (χ4v) is 4.78. The van der Waals surface area contributed by atoms with Crippen LogP contribution in [0.1, 0.15) is 73.1 Å². The Labute approximate surface area is 299 Å². The van der Waals surface area contributed by atoms with Crippen molar-refractivity contribution in [1.82, 2.24) is 15.3 Å². The lowest BCUT2D eigenvalue weighted by molar-refractivity contribution is -0.373. The van der Waals surface area contributed by atoms with Gasteiger partial charge in [-0.25, -0.2) is 14.5 Å². The second-order valence-electron chi connectivity index (χ2n) is 11.8. The van der Waals surface area contributed by atoms with Crippen molar-refractivity contribution in [2.45, 2.75) is 51.5 Å². The molecule has 3 aromatic rings. The van der Waals surface area contributed by atoms with Crippen molar-refractivity contribution in [1.29, 1.82) is 5.41 Å². The molecule has 0 saturated heterocycles. The third kappa shape index (κ3) is 16.1. The number of carbonyl (C=O) groups is 2. The van der Waals surface area contributed by atoms with Crippen LogP contribution in [0.2, 0.25) is 0 Å². The van der Waals surface area contributed by atoms with E-state index in [1.165, 1.54) is 6.33 Å². The summed E-state index contributed by atoms with van der Waals surface area (Å²) < 4.78 is 23.9. The van der Waals surface area contributed by atoms with Crippen molar-refractivity contribution in [3.63, 3.8) is 0 Å². The second-order valence-corrected chi connectivity index (χ2v) is 11.8. The van der Waals surface area contributed by atoms with E-state index in [4.69, 9.17) is 35.2 Å². The highest BCUT2D eigenvalue weighted by Crippen LogP contribution is 2.20. The first-order valence-electron chi connectivity index (χ1n) is 17.3. The first kappa shape index (κ1) is 40.5. The maximum atomic E-state index is 13.1. The van der Waals surface area contributed by atoms with Crippen molar-refractivity contribution in [3.05, 3.63) is 83.9 Å². The van der Waals surface area contributed by atoms with E-state index in [9.17, 15) is 9.59 Å². The van der Waals surface area contributed by atoms with E-state index < -0.39 is 5.97 Å². The monoisotopic (exact) mass is 706 g/mol. The van der Waals surface area contributed by atoms with Crippen LogP contribution >= 0.6 is 0 Å². The lowest BCUT2D eigenvalue weighted by Gasteiger charge is -2.16. The SMILES string of the molecule is C[C@H](NC(=O)c1cccc(NCC(N)=[N+](C)C(=N)c2ccncn2)c1)c1cccc(OCCCCCCOCCOCCOCCCC(=O)O)c1. The van der Waals surface area contributed by atoms with Crippen molar-refractivity contribution >= 4 is 29.2 Å². The molecule has 6 N–H and O–H groups in total. The highest BCUT2D eigenvalue weighted by Gasteiger charge is 2.15. The van der Waals surface area contributed by atoms with Crippen LogP contribution in [-0.4, -0.2) is 103 Å². The zero-order valence-electron chi connectivity index (χ0n) is 29.6. The summed E-state index contributed by atoms with van der Waals surface area (Å²) >= 11 is 0. The van der Waals surface area contributed by atoms with Gasteiger partial charge in [-0.3, -0.25) is 9.59 Å². The average Bonchev–Trinajstić information content (AvgIpc) is 3.14. The van der Waals surface area contributed by atoms with E-state index in [1.54, 1.807) is 42.1 Å². The van der Waals surface area contributed by atoms with E-state index in [1.807, 2.05) is 37.3 Å². The van der Waals surface area contributed by atoms with Crippen LogP contribution in [0.3, 0.4) is 0 Å². The van der Waals surface area contributed by atoms with Crippen LogP contribution in [-0.2, 0) is 19.0 Å². The highest BCUT2D eigenvalue weighted by molar-refractivity contribution is 5.96. The van der Waals surface area contributed by atoms with Gasteiger partial charge < -0.3 is 40.4 Å². The molecule has 0 aliphatic heterocycles. The second kappa shape index (κ2) is 23.5. The molecule has 2 aromatic carbocycles. The minimum atomic E-state index is -0.811. The number of aromatic nitrogens is 2. The third-order valence-electron chi connectivity index (χ3n) is 7.77. The topological polar surface area (TPSA) is 194 Å². The molecule has 0 saturated carbocycles. The molecule has 14 heteroatoms. The van der Waals surface area contributed by atoms with E-state index in [-0.39, 0.29) is 30.8 Å². The zero-order valence-corrected chi connectivity index (χ0v) is 29.6. The molecule has 1 heterocycles. The number of nitrogens with one attached hydrogen (secondary N) is 3. The molecule has 14 nitrogen and oxygen atoms in total. The number of hydrogen-bond donors (Lipinski definition) is 5. The molecule has 0 bridgehead atoms. The summed E-state index contributed by atoms with van der Waals surface area (Å²) in [6, 6.07) is 16.4. The number of amidine groups is 2. The number of ether oxygens (including phenoxy) is 4. The number of nitrogens with two attached hydrogens (primary N) is 1. The number of benzene rings is 2. The number of rotatable bonds is 25. The normalized spacial score (nSPS) is 12.1. The van der Waals surface area contributed by atoms with Gasteiger partial charge in [-0.15, -0.1) is 0 Å². The molecule has 276 valence electrons. The van der Waals surface area contributed by atoms with Crippen LogP contribution in [0.25, 0.3) is 0 Å². The first-order chi connectivity index (χ1) is 24.7. The summed E-state index contributed by atoms with van der Waals surface area (Å²) in [4.78, 5) is 31.5. The molecule has 51 heavy (non-hydrogen) atoms. The molecule has 0 unspecified atom stereocenters. The van der Waals surface area contributed by atoms with E-state index in [0.29, 0.717) is 69.8 Å². The number of carboxylic acids is 1. The van der Waals surface area contributed by atoms with Gasteiger partial charge in [-0.1, -0.05) is 24.6 Å². The van der Waals surface area contributed by atoms with E-state index >= 15 is 0 Å². The largest absolute Gasteiger partial charge is 0.494 e. The number of carbonyl (C=O) groups excluding carboxylic acids is 1. The molecular weight excluding hydrogens is 654 g/mol. The van der Waals surface area contributed by atoms with Crippen molar-refractivity contribution in [3.8, 4) is 5.75 Å². The number of unbranched alkanes of at least 4 members (excludes halogenated alkanes) is 3. The molecule has 1 atom stereocenters. The number of anilines is 1. The maximum Gasteiger partial charge on any atom is 0.303 e. The molecule has 0 radical (unpaired) electrons. The number of nitrogens with zero attached hydrogens (tertiary/aromatic N) is 3. The Morgan fingerprint density at radius 1 is 0.902 bits per heavy atom. The van der Waals surface area contributed by atoms with E-state index in [2.05, 4.69) is 20.6 Å². The smallest absolute Gasteiger partial charge is 0.303 e. The predicted octanol–water partition coefficient (Wildman–Crippen LogP) is 4.26. The molecule has 0 fully saturated rings. The summed E-state index contributed by atoms with van der Waals surface area (Å²) in [5.74, 6) is 0.318. The van der Waals surface area contributed by atoms with Gasteiger partial charge in [0.1, 0.15) is 24.3 Å². The van der Waals surface area contributed by atoms with Crippen LogP contribution in [0.4, 0.5) is 5.69 Å². The van der Waals surface area contributed by atoms with Crippen LogP contribution in [0.5, 0.6) is 5.75 Å². The Morgan fingerprint density at radius 3 is 2.29 bits per heavy atom. The summed E-state index contributed by atoms with van der Waals surface area (Å²) in [7, 11) is 1.70. The van der Waals surface area contributed by atoms with Gasteiger partial charge in [0.2, 0.25) is 5.84 Å². The zero-order chi connectivity index (χ0) is 36.7. The van der Waals surface area contributed by atoms with Gasteiger partial charge >= 0.3 is 5.97 Å². The molecule has 0 aliphatic carbocycles. The standard InChI is InChI=1S/C37H51N7O7/c1-28(43-37(47)30-11-7-12-31(24-30)41-26-34(38)44(2)36(39)33-15-16-40-27-42-33)29-10-8-13-32(25-29)51-19-6-4-3-5-17-48-20-22-50-23-21-49-18-9-14-35(45)46/h7-8,10-13,15-16,24-25,27-28,38-39,41H,3-6,9,14,17-23,26H2,1-2H3,(H2,43,45,46,47)/p+1/t28-/m0/s1. The van der Waals surface area contributed by atoms with Crippen molar-refractivity contribution in [2.75, 3.05) is 65.2 Å². The molecule has 3 rings (SSSR count). The van der Waals surface area contributed by atoms with Gasteiger partial charge in [0.15, 0.2) is 0 Å². The van der Waals surface area contributed by atoms with Gasteiger partial charge in [0.25, 0.3) is 11.7 Å². The lowest BCUT2D eigenvalue weighted by Crippen LogP contribution is -2.36. The van der Waals surface area contributed by atoms with Crippen LogP contribution < -0.4 is 21.1 Å².